The minimum absolute atomic E-state index is 0.153. The molecule has 8 heteroatoms. The molecule has 1 heterocycles. The van der Waals surface area contributed by atoms with Gasteiger partial charge in [0.2, 0.25) is 0 Å². The van der Waals surface area contributed by atoms with Crippen molar-refractivity contribution in [3.8, 4) is 11.5 Å². The Balaban J connectivity index is 1.65. The van der Waals surface area contributed by atoms with Crippen LogP contribution in [0.4, 0.5) is 5.69 Å². The lowest BCUT2D eigenvalue weighted by Crippen LogP contribution is -2.24. The molecule has 0 atom stereocenters. The first-order valence-corrected chi connectivity index (χ1v) is 12.4. The third-order valence-corrected chi connectivity index (χ3v) is 6.16. The van der Waals surface area contributed by atoms with Crippen LogP contribution in [-0.4, -0.2) is 38.7 Å². The molecule has 1 aliphatic heterocycles. The van der Waals surface area contributed by atoms with E-state index in [4.69, 9.17) is 18.9 Å². The normalized spacial score (nSPS) is 14.0. The summed E-state index contributed by atoms with van der Waals surface area (Å²) in [4.78, 5) is 39.8. The first-order valence-electron chi connectivity index (χ1n) is 12.4. The Morgan fingerprint density at radius 3 is 2.26 bits per heavy atom. The molecule has 0 saturated carbocycles. The maximum absolute atomic E-state index is 13.6. The number of methoxy groups -OCH3 is 2. The monoisotopic (exact) mass is 527 g/mol. The number of esters is 2. The molecule has 39 heavy (non-hydrogen) atoms. The number of allylic oxidation sites excluding steroid dienone is 1. The number of benzene rings is 3. The highest BCUT2D eigenvalue weighted by Crippen LogP contribution is 2.37. The van der Waals surface area contributed by atoms with Gasteiger partial charge in [0.05, 0.1) is 37.5 Å². The van der Waals surface area contributed by atoms with E-state index in [1.807, 2.05) is 30.3 Å². The first kappa shape index (κ1) is 27.2. The Morgan fingerprint density at radius 1 is 0.897 bits per heavy atom. The van der Waals surface area contributed by atoms with E-state index in [0.717, 1.165) is 5.56 Å². The quantitative estimate of drug-likeness (QED) is 0.274. The molecule has 200 valence electrons. The van der Waals surface area contributed by atoms with Crippen molar-refractivity contribution in [3.63, 3.8) is 0 Å². The molecule has 0 N–H and O–H groups in total. The zero-order valence-electron chi connectivity index (χ0n) is 22.2. The zero-order chi connectivity index (χ0) is 27.9. The van der Waals surface area contributed by atoms with E-state index >= 15 is 0 Å². The standard InChI is InChI=1S/C31H29NO7/c1-5-38-30(34)23-12-14-24(15-13-23)32-20(2)28(31(35)37-4)25(29(32)33)17-22-11-16-26(27(18-22)36-3)39-19-21-9-7-6-8-10-21/h6-18H,5,19H2,1-4H3/b25-17-. The molecule has 8 nitrogen and oxygen atoms in total. The van der Waals surface area contributed by atoms with Crippen molar-refractivity contribution < 1.29 is 33.3 Å². The van der Waals surface area contributed by atoms with Gasteiger partial charge in [-0.15, -0.1) is 0 Å². The molecule has 3 aromatic carbocycles. The smallest absolute Gasteiger partial charge is 0.340 e. The van der Waals surface area contributed by atoms with Gasteiger partial charge in [0.25, 0.3) is 5.91 Å². The van der Waals surface area contributed by atoms with Crippen LogP contribution >= 0.6 is 0 Å². The third kappa shape index (κ3) is 5.85. The van der Waals surface area contributed by atoms with Crippen molar-refractivity contribution in [2.24, 2.45) is 0 Å². The molecule has 0 aromatic heterocycles. The number of anilines is 1. The summed E-state index contributed by atoms with van der Waals surface area (Å²) >= 11 is 0. The minimum atomic E-state index is -0.632. The molecule has 1 amide bonds. The van der Waals surface area contributed by atoms with Crippen LogP contribution in [0.15, 0.2) is 89.6 Å². The lowest BCUT2D eigenvalue weighted by atomic mass is 10.0. The molecule has 4 rings (SSSR count). The Kier molecular flexibility index (Phi) is 8.46. The number of rotatable bonds is 9. The van der Waals surface area contributed by atoms with Gasteiger partial charge < -0.3 is 18.9 Å². The van der Waals surface area contributed by atoms with E-state index in [0.29, 0.717) is 40.6 Å². The predicted molar refractivity (Wildman–Crippen MR) is 146 cm³/mol. The molecule has 0 aliphatic carbocycles. The van der Waals surface area contributed by atoms with Gasteiger partial charge in [0.1, 0.15) is 6.61 Å². The van der Waals surface area contributed by atoms with E-state index in [-0.39, 0.29) is 17.8 Å². The summed E-state index contributed by atoms with van der Waals surface area (Å²) in [5, 5.41) is 0. The highest BCUT2D eigenvalue weighted by Gasteiger charge is 2.38. The van der Waals surface area contributed by atoms with Crippen molar-refractivity contribution in [2.45, 2.75) is 20.5 Å². The predicted octanol–water partition coefficient (Wildman–Crippen LogP) is 5.33. The maximum Gasteiger partial charge on any atom is 0.340 e. The molecule has 0 radical (unpaired) electrons. The fraction of sp³-hybridized carbons (Fsp3) is 0.194. The van der Waals surface area contributed by atoms with Gasteiger partial charge >= 0.3 is 11.9 Å². The van der Waals surface area contributed by atoms with Crippen molar-refractivity contribution in [1.82, 2.24) is 0 Å². The molecule has 3 aromatic rings. The molecular weight excluding hydrogens is 498 g/mol. The van der Waals surface area contributed by atoms with Crippen LogP contribution in [0, 0.1) is 0 Å². The lowest BCUT2D eigenvalue weighted by Gasteiger charge is -2.18. The van der Waals surface area contributed by atoms with Crippen LogP contribution in [-0.2, 0) is 25.7 Å². The number of nitrogens with zero attached hydrogens (tertiary/aromatic N) is 1. The number of carbonyl (C=O) groups excluding carboxylic acids is 3. The largest absolute Gasteiger partial charge is 0.493 e. The van der Waals surface area contributed by atoms with E-state index in [2.05, 4.69) is 0 Å². The van der Waals surface area contributed by atoms with Gasteiger partial charge in [0, 0.05) is 11.4 Å². The molecule has 0 unspecified atom stereocenters. The molecule has 0 saturated heterocycles. The number of ether oxygens (including phenoxy) is 4. The number of amides is 1. The second-order valence-corrected chi connectivity index (χ2v) is 8.60. The zero-order valence-corrected chi connectivity index (χ0v) is 22.2. The van der Waals surface area contributed by atoms with Gasteiger partial charge in [-0.2, -0.15) is 0 Å². The second kappa shape index (κ2) is 12.1. The summed E-state index contributed by atoms with van der Waals surface area (Å²) in [5.74, 6) is -0.459. The van der Waals surface area contributed by atoms with Crippen LogP contribution in [0.5, 0.6) is 11.5 Å². The fourth-order valence-corrected chi connectivity index (χ4v) is 4.25. The van der Waals surface area contributed by atoms with Gasteiger partial charge in [-0.25, -0.2) is 9.59 Å². The van der Waals surface area contributed by atoms with Crippen LogP contribution < -0.4 is 14.4 Å². The summed E-state index contributed by atoms with van der Waals surface area (Å²) in [5.41, 5.74) is 3.25. The summed E-state index contributed by atoms with van der Waals surface area (Å²) in [6.07, 6.45) is 1.62. The summed E-state index contributed by atoms with van der Waals surface area (Å²) < 4.78 is 21.5. The second-order valence-electron chi connectivity index (χ2n) is 8.60. The summed E-state index contributed by atoms with van der Waals surface area (Å²) in [6.45, 7) is 4.03. The Bertz CT molecular complexity index is 1440. The molecule has 0 spiro atoms. The van der Waals surface area contributed by atoms with E-state index in [1.165, 1.54) is 19.1 Å². The molecular formula is C31H29NO7. The highest BCUT2D eigenvalue weighted by molar-refractivity contribution is 6.23. The van der Waals surface area contributed by atoms with Gasteiger partial charge in [-0.1, -0.05) is 36.4 Å². The average molecular weight is 528 g/mol. The molecule has 0 bridgehead atoms. The maximum atomic E-state index is 13.6. The van der Waals surface area contributed by atoms with Gasteiger partial charge in [-0.3, -0.25) is 9.69 Å². The van der Waals surface area contributed by atoms with Crippen molar-refractivity contribution in [1.29, 1.82) is 0 Å². The Morgan fingerprint density at radius 2 is 1.62 bits per heavy atom. The van der Waals surface area contributed by atoms with Crippen molar-refractivity contribution in [3.05, 3.63) is 106 Å². The van der Waals surface area contributed by atoms with Crippen LogP contribution in [0.1, 0.15) is 35.3 Å². The van der Waals surface area contributed by atoms with Crippen molar-refractivity contribution >= 4 is 29.6 Å². The van der Waals surface area contributed by atoms with Crippen molar-refractivity contribution in [2.75, 3.05) is 25.7 Å². The third-order valence-electron chi connectivity index (χ3n) is 6.16. The van der Waals surface area contributed by atoms with Crippen LogP contribution in [0.2, 0.25) is 0 Å². The fourth-order valence-electron chi connectivity index (χ4n) is 4.25. The summed E-state index contributed by atoms with van der Waals surface area (Å²) in [6, 6.07) is 21.5. The molecule has 0 fully saturated rings. The Hall–Kier alpha value is -4.85. The van der Waals surface area contributed by atoms with Gasteiger partial charge in [-0.05, 0) is 67.4 Å². The minimum Gasteiger partial charge on any atom is -0.493 e. The van der Waals surface area contributed by atoms with E-state index in [9.17, 15) is 14.4 Å². The Labute approximate surface area is 227 Å². The van der Waals surface area contributed by atoms with Crippen LogP contribution in [0.3, 0.4) is 0 Å². The highest BCUT2D eigenvalue weighted by atomic mass is 16.5. The lowest BCUT2D eigenvalue weighted by molar-refractivity contribution is -0.136. The van der Waals surface area contributed by atoms with E-state index in [1.54, 1.807) is 62.4 Å². The number of hydrogen-bond acceptors (Lipinski definition) is 7. The molecule has 1 aliphatic rings. The summed E-state index contributed by atoms with van der Waals surface area (Å²) in [7, 11) is 2.80. The van der Waals surface area contributed by atoms with Crippen LogP contribution in [0.25, 0.3) is 6.08 Å². The topological polar surface area (TPSA) is 91.4 Å². The SMILES string of the molecule is CCOC(=O)c1ccc(N2C(=O)/C(=C\c3ccc(OCc4ccccc4)c(OC)c3)C(C(=O)OC)=C2C)cc1. The van der Waals surface area contributed by atoms with Gasteiger partial charge in [0.15, 0.2) is 11.5 Å². The number of carbonyl (C=O) groups is 3. The average Bonchev–Trinajstić information content (AvgIpc) is 3.21. The number of hydrogen-bond donors (Lipinski definition) is 0. The van der Waals surface area contributed by atoms with E-state index < -0.39 is 17.8 Å². The first-order chi connectivity index (χ1) is 18.9.